The number of ether oxygens (including phenoxy) is 2. The lowest BCUT2D eigenvalue weighted by molar-refractivity contribution is -0.160. The fourth-order valence-electron chi connectivity index (χ4n) is 8.73. The number of benzene rings is 1. The molecule has 1 aromatic carbocycles. The molecule has 0 saturated heterocycles. The van der Waals surface area contributed by atoms with Crippen molar-refractivity contribution in [2.24, 2.45) is 28.6 Å². The summed E-state index contributed by atoms with van der Waals surface area (Å²) in [6.07, 6.45) is 7.81. The molecule has 1 amide bonds. The monoisotopic (exact) mass is 579 g/mol. The Labute approximate surface area is 248 Å². The van der Waals surface area contributed by atoms with Crippen molar-refractivity contribution in [3.63, 3.8) is 0 Å². The fraction of sp³-hybridized carbons (Fsp3) is 0.647. The number of ketones is 1. The number of esters is 2. The van der Waals surface area contributed by atoms with Gasteiger partial charge in [-0.05, 0) is 86.7 Å². The Balaban J connectivity index is 1.17. The molecule has 228 valence electrons. The number of aliphatic hydroxyl groups excluding tert-OH is 1. The van der Waals surface area contributed by atoms with Crippen molar-refractivity contribution in [1.29, 1.82) is 0 Å². The number of carbonyl (C=O) groups excluding carboxylic acids is 4. The first kappa shape index (κ1) is 30.5. The second-order valence-electron chi connectivity index (χ2n) is 13.2. The van der Waals surface area contributed by atoms with Crippen molar-refractivity contribution < 1.29 is 33.8 Å². The van der Waals surface area contributed by atoms with Crippen molar-refractivity contribution in [1.82, 2.24) is 5.32 Å². The van der Waals surface area contributed by atoms with Gasteiger partial charge < -0.3 is 19.9 Å². The van der Waals surface area contributed by atoms with E-state index in [2.05, 4.69) is 19.2 Å². The van der Waals surface area contributed by atoms with Gasteiger partial charge in [0.15, 0.2) is 11.8 Å². The number of hydrogen-bond donors (Lipinski definition) is 2. The summed E-state index contributed by atoms with van der Waals surface area (Å²) in [5, 5.41) is 13.3. The van der Waals surface area contributed by atoms with Gasteiger partial charge in [-0.25, -0.2) is 4.79 Å². The molecule has 42 heavy (non-hydrogen) atoms. The minimum atomic E-state index is -1.28. The van der Waals surface area contributed by atoms with Crippen LogP contribution in [0.15, 0.2) is 42.0 Å². The topological polar surface area (TPSA) is 119 Å². The number of hydrogen-bond acceptors (Lipinski definition) is 7. The predicted molar refractivity (Wildman–Crippen MR) is 156 cm³/mol. The van der Waals surface area contributed by atoms with Gasteiger partial charge >= 0.3 is 11.9 Å². The highest BCUT2D eigenvalue weighted by molar-refractivity contribution is 5.91. The third-order valence-electron chi connectivity index (χ3n) is 11.0. The Hall–Kier alpha value is -3.00. The molecule has 1 aromatic rings. The van der Waals surface area contributed by atoms with Crippen LogP contribution in [0.1, 0.15) is 96.6 Å². The summed E-state index contributed by atoms with van der Waals surface area (Å²) in [4.78, 5) is 50.4. The molecule has 8 nitrogen and oxygen atoms in total. The lowest BCUT2D eigenvalue weighted by atomic mass is 9.47. The normalized spacial score (nSPS) is 33.2. The molecule has 0 unspecified atom stereocenters. The quantitative estimate of drug-likeness (QED) is 0.396. The van der Waals surface area contributed by atoms with Gasteiger partial charge in [0.25, 0.3) is 0 Å². The molecule has 8 atom stereocenters. The molecular weight excluding hydrogens is 534 g/mol. The summed E-state index contributed by atoms with van der Waals surface area (Å²) in [5.74, 6) is 0.225. The zero-order valence-corrected chi connectivity index (χ0v) is 25.1. The Morgan fingerprint density at radius 3 is 2.50 bits per heavy atom. The maximum atomic E-state index is 13.0. The van der Waals surface area contributed by atoms with E-state index in [0.29, 0.717) is 29.7 Å². The maximum Gasteiger partial charge on any atom is 0.331 e. The molecule has 0 spiro atoms. The van der Waals surface area contributed by atoms with Crippen LogP contribution < -0.4 is 5.32 Å². The van der Waals surface area contributed by atoms with Gasteiger partial charge in [-0.2, -0.15) is 0 Å². The SMILES string of the molecule is CCOC(=O)[C@H](NC(=O)CCC(=O)O[C@H]1CC[C@H]2[C@@H]3CCC4=CC(=O)CC[C@]4(C)[C@H]3CC[C@]12C)[C@@H](O)c1ccccc1. The van der Waals surface area contributed by atoms with Crippen LogP contribution in [0, 0.1) is 28.6 Å². The molecule has 0 aromatic heterocycles. The Morgan fingerprint density at radius 1 is 1.00 bits per heavy atom. The second kappa shape index (κ2) is 12.3. The molecule has 5 rings (SSSR count). The second-order valence-corrected chi connectivity index (χ2v) is 13.2. The Bertz CT molecular complexity index is 1230. The zero-order valence-electron chi connectivity index (χ0n) is 25.1. The van der Waals surface area contributed by atoms with Crippen molar-refractivity contribution >= 4 is 23.6 Å². The van der Waals surface area contributed by atoms with Crippen molar-refractivity contribution in [3.05, 3.63) is 47.5 Å². The highest BCUT2D eigenvalue weighted by Gasteiger charge is 2.60. The molecule has 0 radical (unpaired) electrons. The summed E-state index contributed by atoms with van der Waals surface area (Å²) in [6, 6.07) is 7.32. The van der Waals surface area contributed by atoms with Gasteiger partial charge in [-0.1, -0.05) is 49.8 Å². The van der Waals surface area contributed by atoms with Crippen LogP contribution >= 0.6 is 0 Å². The molecule has 3 saturated carbocycles. The number of carbonyl (C=O) groups is 4. The standard InChI is InChI=1S/C34H45NO7/c1-4-41-32(40)30(31(39)21-8-6-5-7-9-21)35-28(37)14-15-29(38)42-27-13-12-25-24-11-10-22-20-23(36)16-18-33(22,2)26(24)17-19-34(25,27)3/h5-9,20,24-27,30-31,39H,4,10-19H2,1-3H3,(H,35,37)/t24-,25-,26-,27-,30+,31-,33-,34-/m0/s1. The summed E-state index contributed by atoms with van der Waals surface area (Å²) in [6.45, 7) is 6.41. The lowest BCUT2D eigenvalue weighted by Gasteiger charge is -2.57. The smallest absolute Gasteiger partial charge is 0.331 e. The van der Waals surface area contributed by atoms with Gasteiger partial charge in [0.2, 0.25) is 5.91 Å². The van der Waals surface area contributed by atoms with Crippen LogP contribution in [0.5, 0.6) is 0 Å². The van der Waals surface area contributed by atoms with Crippen LogP contribution in [0.4, 0.5) is 0 Å². The van der Waals surface area contributed by atoms with E-state index in [0.717, 1.165) is 44.9 Å². The number of nitrogens with one attached hydrogen (secondary N) is 1. The van der Waals surface area contributed by atoms with Gasteiger partial charge in [0, 0.05) is 18.3 Å². The number of rotatable bonds is 9. The molecule has 4 aliphatic rings. The van der Waals surface area contributed by atoms with E-state index >= 15 is 0 Å². The third kappa shape index (κ3) is 5.79. The summed E-state index contributed by atoms with van der Waals surface area (Å²) in [5.41, 5.74) is 1.85. The molecule has 3 fully saturated rings. The van der Waals surface area contributed by atoms with E-state index in [4.69, 9.17) is 9.47 Å². The molecule has 4 aliphatic carbocycles. The van der Waals surface area contributed by atoms with E-state index < -0.39 is 30.0 Å². The highest BCUT2D eigenvalue weighted by Crippen LogP contribution is 2.65. The lowest BCUT2D eigenvalue weighted by Crippen LogP contribution is -2.51. The van der Waals surface area contributed by atoms with Gasteiger partial charge in [0.1, 0.15) is 12.2 Å². The molecular formula is C34H45NO7. The van der Waals surface area contributed by atoms with Crippen LogP contribution in [-0.2, 0) is 28.7 Å². The zero-order chi connectivity index (χ0) is 30.1. The summed E-state index contributed by atoms with van der Waals surface area (Å²) in [7, 11) is 0. The summed E-state index contributed by atoms with van der Waals surface area (Å²) < 4.78 is 11.1. The summed E-state index contributed by atoms with van der Waals surface area (Å²) >= 11 is 0. The number of amides is 1. The van der Waals surface area contributed by atoms with Gasteiger partial charge in [-0.15, -0.1) is 0 Å². The van der Waals surface area contributed by atoms with Crippen LogP contribution in [0.2, 0.25) is 0 Å². The van der Waals surface area contributed by atoms with E-state index in [1.807, 2.05) is 6.08 Å². The number of aliphatic hydroxyl groups is 1. The van der Waals surface area contributed by atoms with E-state index in [1.54, 1.807) is 37.3 Å². The van der Waals surface area contributed by atoms with Crippen molar-refractivity contribution in [3.8, 4) is 0 Å². The average molecular weight is 580 g/mol. The first-order valence-electron chi connectivity index (χ1n) is 15.7. The van der Waals surface area contributed by atoms with E-state index in [9.17, 15) is 24.3 Å². The number of allylic oxidation sites excluding steroid dienone is 1. The van der Waals surface area contributed by atoms with Crippen molar-refractivity contribution in [2.75, 3.05) is 6.61 Å². The first-order chi connectivity index (χ1) is 20.1. The van der Waals surface area contributed by atoms with Crippen LogP contribution in [0.25, 0.3) is 0 Å². The van der Waals surface area contributed by atoms with Crippen LogP contribution in [0.3, 0.4) is 0 Å². The minimum absolute atomic E-state index is 0.0874. The maximum absolute atomic E-state index is 13.0. The van der Waals surface area contributed by atoms with Crippen molar-refractivity contribution in [2.45, 2.75) is 103 Å². The van der Waals surface area contributed by atoms with Gasteiger partial charge in [0.05, 0.1) is 13.0 Å². The van der Waals surface area contributed by atoms with Crippen LogP contribution in [-0.4, -0.2) is 47.5 Å². The average Bonchev–Trinajstić information content (AvgIpc) is 3.31. The predicted octanol–water partition coefficient (Wildman–Crippen LogP) is 4.99. The van der Waals surface area contributed by atoms with E-state index in [1.165, 1.54) is 5.57 Å². The molecule has 0 bridgehead atoms. The third-order valence-corrected chi connectivity index (χ3v) is 11.0. The molecule has 2 N–H and O–H groups in total. The molecule has 0 aliphatic heterocycles. The largest absolute Gasteiger partial charge is 0.464 e. The first-order valence-corrected chi connectivity index (χ1v) is 15.7. The fourth-order valence-corrected chi connectivity index (χ4v) is 8.73. The Kier molecular flexibility index (Phi) is 8.93. The molecule has 0 heterocycles. The minimum Gasteiger partial charge on any atom is -0.464 e. The number of fused-ring (bicyclic) bond motifs is 5. The van der Waals surface area contributed by atoms with E-state index in [-0.39, 0.29) is 42.2 Å². The molecule has 8 heteroatoms. The van der Waals surface area contributed by atoms with Gasteiger partial charge in [-0.3, -0.25) is 14.4 Å². The Morgan fingerprint density at radius 2 is 1.76 bits per heavy atom. The highest BCUT2D eigenvalue weighted by atomic mass is 16.5.